The van der Waals surface area contributed by atoms with Gasteiger partial charge in [-0.05, 0) is 19.3 Å². The van der Waals surface area contributed by atoms with Crippen molar-refractivity contribution in [3.63, 3.8) is 0 Å². The number of carbonyl (C=O) groups excluding carboxylic acids is 1. The highest BCUT2D eigenvalue weighted by atomic mass is 32.2. The van der Waals surface area contributed by atoms with Crippen molar-refractivity contribution in [3.05, 3.63) is 0 Å². The fourth-order valence-electron chi connectivity index (χ4n) is 2.93. The number of thioether (sulfide) groups is 2. The van der Waals surface area contributed by atoms with Crippen molar-refractivity contribution < 1.29 is 4.79 Å². The third-order valence-electron chi connectivity index (χ3n) is 4.09. The predicted molar refractivity (Wildman–Crippen MR) is 79.1 cm³/mol. The molecule has 3 nitrogen and oxygen atoms in total. The van der Waals surface area contributed by atoms with Crippen molar-refractivity contribution in [2.24, 2.45) is 0 Å². The van der Waals surface area contributed by atoms with Gasteiger partial charge in [0.2, 0.25) is 5.91 Å². The molecule has 3 aliphatic rings. The molecule has 3 rings (SSSR count). The van der Waals surface area contributed by atoms with Gasteiger partial charge >= 0.3 is 0 Å². The molecule has 2 unspecified atom stereocenters. The van der Waals surface area contributed by atoms with Crippen LogP contribution in [0.1, 0.15) is 32.6 Å². The molecule has 1 spiro atoms. The molecule has 0 aromatic heterocycles. The zero-order chi connectivity index (χ0) is 12.6. The van der Waals surface area contributed by atoms with E-state index in [0.717, 1.165) is 32.2 Å². The van der Waals surface area contributed by atoms with Crippen LogP contribution in [0.25, 0.3) is 0 Å². The van der Waals surface area contributed by atoms with E-state index in [1.54, 1.807) is 0 Å². The highest BCUT2D eigenvalue weighted by Crippen LogP contribution is 2.43. The topological polar surface area (TPSA) is 32.3 Å². The molecule has 1 saturated carbocycles. The van der Waals surface area contributed by atoms with E-state index in [9.17, 15) is 4.79 Å². The number of carbonyl (C=O) groups is 1. The standard InChI is InChI=1S/C13H22N2OS2/c1-2-3-11-14-13(4-5-13)12(16)15(11)8-10-9-17-6-7-18-10/h10-11,14H,2-9H2,1H3. The summed E-state index contributed by atoms with van der Waals surface area (Å²) in [4.78, 5) is 14.6. The van der Waals surface area contributed by atoms with E-state index < -0.39 is 0 Å². The van der Waals surface area contributed by atoms with Crippen LogP contribution in [-0.4, -0.2) is 51.6 Å². The Balaban J connectivity index is 1.65. The lowest BCUT2D eigenvalue weighted by Crippen LogP contribution is -2.42. The number of nitrogens with zero attached hydrogens (tertiary/aromatic N) is 1. The van der Waals surface area contributed by atoms with E-state index in [2.05, 4.69) is 28.9 Å². The molecule has 1 amide bonds. The summed E-state index contributed by atoms with van der Waals surface area (Å²) in [6.45, 7) is 3.16. The Morgan fingerprint density at radius 2 is 2.28 bits per heavy atom. The van der Waals surface area contributed by atoms with E-state index in [1.807, 2.05) is 11.8 Å². The van der Waals surface area contributed by atoms with Crippen LogP contribution in [0.15, 0.2) is 0 Å². The largest absolute Gasteiger partial charge is 0.324 e. The minimum absolute atomic E-state index is 0.133. The fourth-order valence-corrected chi connectivity index (χ4v) is 5.60. The van der Waals surface area contributed by atoms with Gasteiger partial charge in [0.25, 0.3) is 0 Å². The monoisotopic (exact) mass is 286 g/mol. The van der Waals surface area contributed by atoms with E-state index in [4.69, 9.17) is 0 Å². The minimum Gasteiger partial charge on any atom is -0.324 e. The van der Waals surface area contributed by atoms with Crippen LogP contribution in [-0.2, 0) is 4.79 Å². The molecular weight excluding hydrogens is 264 g/mol. The van der Waals surface area contributed by atoms with E-state index in [1.165, 1.54) is 17.3 Å². The Morgan fingerprint density at radius 3 is 2.89 bits per heavy atom. The average molecular weight is 286 g/mol. The van der Waals surface area contributed by atoms with E-state index in [-0.39, 0.29) is 5.54 Å². The summed E-state index contributed by atoms with van der Waals surface area (Å²) in [5, 5.41) is 4.23. The van der Waals surface area contributed by atoms with Crippen LogP contribution in [0.5, 0.6) is 0 Å². The number of hydrogen-bond acceptors (Lipinski definition) is 4. The van der Waals surface area contributed by atoms with Gasteiger partial charge in [0.05, 0.1) is 11.7 Å². The number of nitrogens with one attached hydrogen (secondary N) is 1. The molecule has 2 saturated heterocycles. The summed E-state index contributed by atoms with van der Waals surface area (Å²) in [6, 6.07) is 0. The van der Waals surface area contributed by atoms with Crippen molar-refractivity contribution in [3.8, 4) is 0 Å². The van der Waals surface area contributed by atoms with Crippen molar-refractivity contribution >= 4 is 29.4 Å². The van der Waals surface area contributed by atoms with Gasteiger partial charge in [0, 0.05) is 29.1 Å². The molecule has 2 aliphatic heterocycles. The average Bonchev–Trinajstić information content (AvgIpc) is 3.12. The first-order valence-electron chi connectivity index (χ1n) is 7.03. The van der Waals surface area contributed by atoms with Gasteiger partial charge in [-0.1, -0.05) is 13.3 Å². The van der Waals surface area contributed by atoms with Crippen LogP contribution >= 0.6 is 23.5 Å². The smallest absolute Gasteiger partial charge is 0.244 e. The van der Waals surface area contributed by atoms with E-state index in [0.29, 0.717) is 17.3 Å². The summed E-state index contributed by atoms with van der Waals surface area (Å²) >= 11 is 4.09. The third-order valence-corrected chi connectivity index (χ3v) is 6.91. The fraction of sp³-hybridized carbons (Fsp3) is 0.923. The Bertz CT molecular complexity index is 327. The first kappa shape index (κ1) is 13.1. The third kappa shape index (κ3) is 2.41. The first-order chi connectivity index (χ1) is 8.75. The first-order valence-corrected chi connectivity index (χ1v) is 9.23. The predicted octanol–water partition coefficient (Wildman–Crippen LogP) is 1.93. The van der Waals surface area contributed by atoms with Gasteiger partial charge in [-0.2, -0.15) is 23.5 Å². The van der Waals surface area contributed by atoms with Crippen molar-refractivity contribution in [2.75, 3.05) is 23.8 Å². The zero-order valence-corrected chi connectivity index (χ0v) is 12.6. The molecule has 3 fully saturated rings. The Hall–Kier alpha value is 0.130. The van der Waals surface area contributed by atoms with Gasteiger partial charge in [-0.3, -0.25) is 10.1 Å². The molecule has 0 radical (unpaired) electrons. The van der Waals surface area contributed by atoms with Crippen LogP contribution < -0.4 is 5.32 Å². The molecule has 2 heterocycles. The zero-order valence-electron chi connectivity index (χ0n) is 11.0. The maximum Gasteiger partial charge on any atom is 0.244 e. The van der Waals surface area contributed by atoms with Crippen LogP contribution in [0.2, 0.25) is 0 Å². The van der Waals surface area contributed by atoms with Crippen LogP contribution in [0.3, 0.4) is 0 Å². The number of rotatable bonds is 4. The van der Waals surface area contributed by atoms with Crippen LogP contribution in [0.4, 0.5) is 0 Å². The maximum absolute atomic E-state index is 12.5. The lowest BCUT2D eigenvalue weighted by atomic mass is 10.2. The number of hydrogen-bond donors (Lipinski definition) is 1. The van der Waals surface area contributed by atoms with Gasteiger partial charge in [0.1, 0.15) is 0 Å². The van der Waals surface area contributed by atoms with Crippen molar-refractivity contribution in [1.82, 2.24) is 10.2 Å². The quantitative estimate of drug-likeness (QED) is 0.856. The summed E-state index contributed by atoms with van der Waals surface area (Å²) < 4.78 is 0. The lowest BCUT2D eigenvalue weighted by Gasteiger charge is -2.30. The maximum atomic E-state index is 12.5. The summed E-state index contributed by atoms with van der Waals surface area (Å²) in [7, 11) is 0. The molecule has 102 valence electrons. The normalized spacial score (nSPS) is 34.3. The minimum atomic E-state index is -0.133. The molecule has 5 heteroatoms. The molecule has 0 bridgehead atoms. The highest BCUT2D eigenvalue weighted by Gasteiger charge is 2.58. The Morgan fingerprint density at radius 1 is 1.44 bits per heavy atom. The van der Waals surface area contributed by atoms with Gasteiger partial charge in [0.15, 0.2) is 0 Å². The molecule has 18 heavy (non-hydrogen) atoms. The second-order valence-corrected chi connectivity index (χ2v) is 8.11. The molecule has 0 aromatic rings. The molecule has 1 aliphatic carbocycles. The lowest BCUT2D eigenvalue weighted by molar-refractivity contribution is -0.130. The van der Waals surface area contributed by atoms with Crippen molar-refractivity contribution in [1.29, 1.82) is 0 Å². The molecular formula is C13H22N2OS2. The van der Waals surface area contributed by atoms with E-state index >= 15 is 0 Å². The Kier molecular flexibility index (Phi) is 3.83. The Labute approximate surface area is 118 Å². The SMILES string of the molecule is CCCC1NC2(CC2)C(=O)N1CC1CSCCS1. The van der Waals surface area contributed by atoms with Crippen LogP contribution in [0, 0.1) is 0 Å². The summed E-state index contributed by atoms with van der Waals surface area (Å²) in [5.74, 6) is 4.11. The van der Waals surface area contributed by atoms with Gasteiger partial charge in [-0.25, -0.2) is 0 Å². The second kappa shape index (κ2) is 5.25. The van der Waals surface area contributed by atoms with Gasteiger partial charge in [-0.15, -0.1) is 0 Å². The number of amides is 1. The summed E-state index contributed by atoms with van der Waals surface area (Å²) in [6.07, 6.45) is 4.64. The molecule has 2 atom stereocenters. The molecule has 0 aromatic carbocycles. The second-order valence-electron chi connectivity index (χ2n) is 5.56. The van der Waals surface area contributed by atoms with Crippen molar-refractivity contribution in [2.45, 2.75) is 49.6 Å². The van der Waals surface area contributed by atoms with Gasteiger partial charge < -0.3 is 4.90 Å². The highest BCUT2D eigenvalue weighted by molar-refractivity contribution is 8.06. The molecule has 1 N–H and O–H groups in total. The summed E-state index contributed by atoms with van der Waals surface area (Å²) in [5.41, 5.74) is -0.133.